The van der Waals surface area contributed by atoms with Gasteiger partial charge in [-0.3, -0.25) is 9.55 Å². The lowest BCUT2D eigenvalue weighted by atomic mass is 10.2. The van der Waals surface area contributed by atoms with Crippen LogP contribution in [0, 0.1) is 10.1 Å². The normalized spacial score (nSPS) is 12.3. The topological polar surface area (TPSA) is 126 Å². The third-order valence-corrected chi connectivity index (χ3v) is 6.83. The highest BCUT2D eigenvalue weighted by molar-refractivity contribution is 7.90. The van der Waals surface area contributed by atoms with Crippen molar-refractivity contribution in [3.63, 3.8) is 0 Å². The number of benzene rings is 2. The molecule has 0 N–H and O–H groups in total. The van der Waals surface area contributed by atoms with Gasteiger partial charge >= 0.3 is 0 Å². The number of fused-ring (bicyclic) bond motifs is 6. The van der Waals surface area contributed by atoms with Gasteiger partial charge in [0.2, 0.25) is 0 Å². The molecule has 0 atom stereocenters. The Morgan fingerprint density at radius 3 is 2.61 bits per heavy atom. The molecule has 0 fully saturated rings. The third-order valence-electron chi connectivity index (χ3n) is 5.72. The monoisotopic (exact) mass is 458 g/mol. The van der Waals surface area contributed by atoms with Gasteiger partial charge in [-0.2, -0.15) is 5.10 Å². The molecule has 6 aromatic rings. The number of nitrogens with zero attached hydrogens (tertiary/aromatic N) is 6. The molecule has 10 nitrogen and oxygen atoms in total. The average molecular weight is 458 g/mol. The zero-order valence-electron chi connectivity index (χ0n) is 17.1. The summed E-state index contributed by atoms with van der Waals surface area (Å²) in [6.45, 7) is 0. The molecule has 0 aliphatic rings. The van der Waals surface area contributed by atoms with Crippen LogP contribution in [0.4, 0.5) is 0 Å². The van der Waals surface area contributed by atoms with E-state index in [4.69, 9.17) is 0 Å². The third kappa shape index (κ3) is 2.66. The van der Waals surface area contributed by atoms with Crippen LogP contribution in [0.25, 0.3) is 49.6 Å². The summed E-state index contributed by atoms with van der Waals surface area (Å²) in [5, 5.41) is 22.8. The summed E-state index contributed by atoms with van der Waals surface area (Å²) in [5.41, 5.74) is 1.44. The predicted molar refractivity (Wildman–Crippen MR) is 123 cm³/mol. The molecule has 0 amide bonds. The Labute approximate surface area is 185 Å². The molecule has 0 aliphatic heterocycles. The summed E-state index contributed by atoms with van der Waals surface area (Å²) in [5.74, 6) is 0.352. The average Bonchev–Trinajstić information content (AvgIpc) is 3.30. The van der Waals surface area contributed by atoms with Crippen LogP contribution in [0.15, 0.2) is 71.9 Å². The summed E-state index contributed by atoms with van der Waals surface area (Å²) >= 11 is 0. The van der Waals surface area contributed by atoms with Crippen LogP contribution in [-0.4, -0.2) is 44.1 Å². The first-order chi connectivity index (χ1) is 15.9. The predicted octanol–water partition coefficient (Wildman–Crippen LogP) is 3.52. The first-order valence-corrected chi connectivity index (χ1v) is 11.7. The maximum Gasteiger partial charge on any atom is 0.197 e. The van der Waals surface area contributed by atoms with E-state index in [0.29, 0.717) is 38.5 Å². The van der Waals surface area contributed by atoms with E-state index in [1.54, 1.807) is 35.2 Å². The van der Waals surface area contributed by atoms with E-state index >= 15 is 0 Å². The molecule has 11 heteroatoms. The first-order valence-electron chi connectivity index (χ1n) is 9.85. The summed E-state index contributed by atoms with van der Waals surface area (Å²) in [6.07, 6.45) is 4.29. The van der Waals surface area contributed by atoms with Gasteiger partial charge in [0.15, 0.2) is 26.3 Å². The van der Waals surface area contributed by atoms with Gasteiger partial charge in [0.05, 0.1) is 22.0 Å². The zero-order chi connectivity index (χ0) is 22.9. The van der Waals surface area contributed by atoms with Crippen molar-refractivity contribution >= 4 is 53.6 Å². The number of sulfone groups is 1. The molecular formula is C22H14N6O4S. The maximum absolute atomic E-state index is 12.3. The molecule has 0 spiro atoms. The second kappa shape index (κ2) is 6.56. The van der Waals surface area contributed by atoms with Crippen molar-refractivity contribution in [3.05, 3.63) is 77.1 Å². The van der Waals surface area contributed by atoms with Crippen molar-refractivity contribution in [2.45, 2.75) is 4.90 Å². The molecule has 0 aliphatic carbocycles. The van der Waals surface area contributed by atoms with Crippen LogP contribution in [0.5, 0.6) is 0 Å². The summed E-state index contributed by atoms with van der Waals surface area (Å²) in [6, 6.07) is 15.3. The summed E-state index contributed by atoms with van der Waals surface area (Å²) in [7, 11) is -3.53. The zero-order valence-corrected chi connectivity index (χ0v) is 17.9. The minimum Gasteiger partial charge on any atom is -0.272 e. The Kier molecular flexibility index (Phi) is 3.84. The summed E-state index contributed by atoms with van der Waals surface area (Å²) < 4.78 is 27.2. The molecule has 0 saturated carbocycles. The number of aromatic nitrogens is 5. The van der Waals surface area contributed by atoms with Crippen molar-refractivity contribution in [2.75, 3.05) is 6.26 Å². The Morgan fingerprint density at radius 1 is 1.00 bits per heavy atom. The van der Waals surface area contributed by atoms with Gasteiger partial charge in [0.1, 0.15) is 11.0 Å². The van der Waals surface area contributed by atoms with Crippen molar-refractivity contribution in [3.8, 4) is 5.82 Å². The van der Waals surface area contributed by atoms with Crippen LogP contribution < -0.4 is 0 Å². The van der Waals surface area contributed by atoms with Crippen LogP contribution in [0.2, 0.25) is 0 Å². The minimum absolute atomic E-state index is 0.0921. The smallest absolute Gasteiger partial charge is 0.197 e. The molecule has 33 heavy (non-hydrogen) atoms. The molecule has 0 saturated heterocycles. The number of hydrogen-bond acceptors (Lipinski definition) is 7. The van der Waals surface area contributed by atoms with Crippen LogP contribution in [0.1, 0.15) is 0 Å². The van der Waals surface area contributed by atoms with Crippen LogP contribution >= 0.6 is 0 Å². The minimum atomic E-state index is -3.53. The van der Waals surface area contributed by atoms with E-state index in [9.17, 15) is 18.5 Å². The van der Waals surface area contributed by atoms with Gasteiger partial charge in [-0.1, -0.05) is 30.3 Å². The maximum atomic E-state index is 12.3. The fraction of sp³-hybridized carbons (Fsp3) is 0.0455. The van der Waals surface area contributed by atoms with Crippen LogP contribution in [0.3, 0.4) is 0 Å². The van der Waals surface area contributed by atoms with Gasteiger partial charge < -0.3 is 0 Å². The second-order valence-electron chi connectivity index (χ2n) is 7.66. The second-order valence-corrected chi connectivity index (χ2v) is 9.68. The number of hydrogen-bond donors (Lipinski definition) is 0. The lowest BCUT2D eigenvalue weighted by molar-refractivity contribution is -0.533. The highest BCUT2D eigenvalue weighted by Gasteiger charge is 2.28. The molecular weight excluding hydrogens is 444 g/mol. The van der Waals surface area contributed by atoms with E-state index in [-0.39, 0.29) is 10.5 Å². The lowest BCUT2D eigenvalue weighted by Crippen LogP contribution is -2.12. The van der Waals surface area contributed by atoms with Gasteiger partial charge in [-0.15, -0.1) is 5.10 Å². The van der Waals surface area contributed by atoms with Gasteiger partial charge in [-0.25, -0.2) is 18.5 Å². The molecule has 0 unspecified atom stereocenters. The largest absolute Gasteiger partial charge is 0.272 e. The number of pyridine rings is 1. The Morgan fingerprint density at radius 2 is 1.82 bits per heavy atom. The van der Waals surface area contributed by atoms with E-state index in [2.05, 4.69) is 15.2 Å². The fourth-order valence-corrected chi connectivity index (χ4v) is 4.99. The molecule has 4 heterocycles. The van der Waals surface area contributed by atoms with E-state index < -0.39 is 14.9 Å². The molecule has 2 aromatic carbocycles. The highest BCUT2D eigenvalue weighted by atomic mass is 32.2. The quantitative estimate of drug-likeness (QED) is 0.293. The summed E-state index contributed by atoms with van der Waals surface area (Å²) in [4.78, 5) is 16.7. The molecule has 6 rings (SSSR count). The van der Waals surface area contributed by atoms with Gasteiger partial charge in [-0.05, 0) is 28.9 Å². The first kappa shape index (κ1) is 19.3. The molecule has 0 bridgehead atoms. The van der Waals surface area contributed by atoms with Crippen LogP contribution in [-0.2, 0) is 9.84 Å². The SMILES string of the molecule is CS(=O)(=O)c1ccc2c3c4ncccc4n([N+](=O)[O-])c3n(-c3nncc4ccccc34)c2c1. The van der Waals surface area contributed by atoms with Crippen molar-refractivity contribution < 1.29 is 13.5 Å². The molecule has 0 radical (unpaired) electrons. The fourth-order valence-electron chi connectivity index (χ4n) is 4.35. The van der Waals surface area contributed by atoms with Crippen molar-refractivity contribution in [2.24, 2.45) is 0 Å². The van der Waals surface area contributed by atoms with Gasteiger partial charge in [0.25, 0.3) is 0 Å². The molecule has 4 aromatic heterocycles. The molecule has 162 valence electrons. The lowest BCUT2D eigenvalue weighted by Gasteiger charge is -2.10. The standard InChI is InChI=1S/C22H14N6O4S/c1-33(31,32)14-8-9-16-18(11-14)26(21-15-6-3-2-5-13(15)12-24-25-21)22-19(16)20-17(7-4-10-23-20)27(22)28(29)30/h2-12H,1H3. The Hall–Kier alpha value is -4.38. The van der Waals surface area contributed by atoms with Crippen molar-refractivity contribution in [1.29, 1.82) is 0 Å². The highest BCUT2D eigenvalue weighted by Crippen LogP contribution is 2.39. The van der Waals surface area contributed by atoms with E-state index in [1.807, 2.05) is 24.3 Å². The Bertz CT molecular complexity index is 1880. The number of rotatable bonds is 3. The van der Waals surface area contributed by atoms with E-state index in [0.717, 1.165) is 16.3 Å². The van der Waals surface area contributed by atoms with E-state index in [1.165, 1.54) is 12.1 Å². The van der Waals surface area contributed by atoms with Gasteiger partial charge in [0, 0.05) is 28.6 Å². The Balaban J connectivity index is 1.94. The van der Waals surface area contributed by atoms with Crippen molar-refractivity contribution in [1.82, 2.24) is 24.4 Å². The number of nitro groups is 1.